The van der Waals surface area contributed by atoms with Crippen LogP contribution in [0.4, 0.5) is 51.2 Å². The zero-order valence-electron chi connectivity index (χ0n) is 75.0. The van der Waals surface area contributed by atoms with E-state index in [0.717, 1.165) is 34.1 Å². The number of hydrogen-bond donors (Lipinski definition) is 0. The van der Waals surface area contributed by atoms with Crippen molar-refractivity contribution >= 4 is 62.0 Å². The van der Waals surface area contributed by atoms with E-state index in [-0.39, 0.29) is 32.5 Å². The molecule has 3 aliphatic rings. The van der Waals surface area contributed by atoms with Crippen molar-refractivity contribution < 1.29 is 0 Å². The van der Waals surface area contributed by atoms with Crippen LogP contribution in [0.5, 0.6) is 0 Å². The van der Waals surface area contributed by atoms with Crippen molar-refractivity contribution in [1.82, 2.24) is 0 Å². The van der Waals surface area contributed by atoms with E-state index in [0.29, 0.717) is 0 Å². The predicted molar refractivity (Wildman–Crippen MR) is 543 cm³/mol. The standard InChI is InChI=1S/2C42H37N.C40H35N/c1-41(2)38-24-13-11-23-36(38)37-27-26-34(29-39(37)42(41,3)4)43(33-20-9-6-10-21-33)40-25-14-12-22-35(40)32-19-15-18-31(28-32)30-16-7-5-8-17-30;1-41(2)38-21-13-11-20-36(38)37-28-27-34(29-39(37)42(41,3)4)43(33-17-9-6-10-18-33)40-22-14-12-19-35(40)32-25-23-31(24-26-32)30-15-7-5-8-16-30;1-39(2)37-17-11-10-16-35(37)36-25-24-34(27-38(36)40(39,3)4)41(32-14-6-5-7-15-32)33-22-20-29(21-23-33)31-19-18-28-12-8-9-13-30(28)26-31/h2*5-29H,1-4H3;5-27H,1-4H3. The number of nitrogens with zero attached hydrogens (tertiary/aromatic N) is 3. The van der Waals surface area contributed by atoms with Gasteiger partial charge in [-0.2, -0.15) is 0 Å². The highest BCUT2D eigenvalue weighted by Gasteiger charge is 2.49. The summed E-state index contributed by atoms with van der Waals surface area (Å²) in [5, 5.41) is 2.53. The second kappa shape index (κ2) is 33.3. The van der Waals surface area contributed by atoms with Crippen molar-refractivity contribution in [2.75, 3.05) is 14.7 Å². The van der Waals surface area contributed by atoms with Gasteiger partial charge in [-0.1, -0.05) is 417 Å². The lowest BCUT2D eigenvalue weighted by Gasteiger charge is -2.48. The molecule has 0 aliphatic heterocycles. The maximum Gasteiger partial charge on any atom is 0.0540 e. The van der Waals surface area contributed by atoms with E-state index in [1.54, 1.807) is 0 Å². The van der Waals surface area contributed by atoms with Crippen molar-refractivity contribution in [3.63, 3.8) is 0 Å². The Labute approximate surface area is 752 Å². The summed E-state index contributed by atoms with van der Waals surface area (Å²) in [6, 6.07) is 161. The lowest BCUT2D eigenvalue weighted by molar-refractivity contribution is 0.299. The van der Waals surface area contributed by atoms with E-state index in [4.69, 9.17) is 0 Å². The molecule has 0 saturated heterocycles. The molecule has 127 heavy (non-hydrogen) atoms. The summed E-state index contributed by atoms with van der Waals surface area (Å²) in [6.45, 7) is 28.8. The van der Waals surface area contributed by atoms with Crippen molar-refractivity contribution in [3.05, 3.63) is 476 Å². The highest BCUT2D eigenvalue weighted by atomic mass is 15.2. The fraction of sp³-hybridized carbons (Fsp3) is 0.145. The molecule has 0 aromatic heterocycles. The zero-order chi connectivity index (χ0) is 87.4. The van der Waals surface area contributed by atoms with E-state index in [1.807, 2.05) is 0 Å². The van der Waals surface area contributed by atoms with Gasteiger partial charge in [0.05, 0.1) is 11.4 Å². The van der Waals surface area contributed by atoms with Crippen molar-refractivity contribution in [2.45, 2.75) is 116 Å². The van der Waals surface area contributed by atoms with Crippen molar-refractivity contribution in [3.8, 4) is 89.0 Å². The molecule has 0 atom stereocenters. The third-order valence-corrected chi connectivity index (χ3v) is 29.3. The first-order valence-electron chi connectivity index (χ1n) is 44.9. The molecule has 620 valence electrons. The van der Waals surface area contributed by atoms with E-state index in [9.17, 15) is 0 Å². The Kier molecular flexibility index (Phi) is 21.5. The Balaban J connectivity index is 0.000000124. The van der Waals surface area contributed by atoms with Gasteiger partial charge in [0.15, 0.2) is 0 Å². The van der Waals surface area contributed by atoms with Gasteiger partial charge in [0.1, 0.15) is 0 Å². The minimum atomic E-state index is -0.0708. The van der Waals surface area contributed by atoms with Crippen LogP contribution >= 0.6 is 0 Å². The highest BCUT2D eigenvalue weighted by molar-refractivity contribution is 5.95. The molecule has 0 bridgehead atoms. The van der Waals surface area contributed by atoms with Gasteiger partial charge < -0.3 is 14.7 Å². The van der Waals surface area contributed by atoms with Gasteiger partial charge in [-0.05, 0) is 264 Å². The highest BCUT2D eigenvalue weighted by Crippen LogP contribution is 2.59. The van der Waals surface area contributed by atoms with E-state index < -0.39 is 0 Å². The number of benzene rings is 18. The molecule has 0 N–H and O–H groups in total. The minimum absolute atomic E-state index is 0.00566. The minimum Gasteiger partial charge on any atom is -0.310 e. The summed E-state index contributed by atoms with van der Waals surface area (Å²) in [6.07, 6.45) is 0. The van der Waals surface area contributed by atoms with Gasteiger partial charge >= 0.3 is 0 Å². The van der Waals surface area contributed by atoms with Gasteiger partial charge in [0.25, 0.3) is 0 Å². The first-order chi connectivity index (χ1) is 61.6. The summed E-state index contributed by atoms with van der Waals surface area (Å²) in [7, 11) is 0. The largest absolute Gasteiger partial charge is 0.310 e. The number of fused-ring (bicyclic) bond motifs is 10. The molecule has 0 radical (unpaired) electrons. The third-order valence-electron chi connectivity index (χ3n) is 29.3. The molecule has 0 fully saturated rings. The molecule has 3 aliphatic carbocycles. The Morgan fingerprint density at radius 2 is 0.386 bits per heavy atom. The van der Waals surface area contributed by atoms with Crippen LogP contribution in [-0.4, -0.2) is 0 Å². The van der Waals surface area contributed by atoms with E-state index in [2.05, 4.69) is 541 Å². The molecule has 21 rings (SSSR count). The van der Waals surface area contributed by atoms with E-state index in [1.165, 1.54) is 150 Å². The molecule has 0 unspecified atom stereocenters. The molecule has 18 aromatic rings. The Morgan fingerprint density at radius 1 is 0.134 bits per heavy atom. The molecule has 3 nitrogen and oxygen atoms in total. The normalized spacial score (nSPS) is 14.5. The zero-order valence-corrected chi connectivity index (χ0v) is 75.0. The van der Waals surface area contributed by atoms with Crippen molar-refractivity contribution in [2.24, 2.45) is 0 Å². The van der Waals surface area contributed by atoms with Gasteiger partial charge in [-0.25, -0.2) is 0 Å². The number of anilines is 9. The molecular formula is C124H109N3. The van der Waals surface area contributed by atoms with Crippen LogP contribution < -0.4 is 14.7 Å². The Hall–Kier alpha value is -14.4. The van der Waals surface area contributed by atoms with Gasteiger partial charge in [-0.15, -0.1) is 0 Å². The molecule has 18 aromatic carbocycles. The van der Waals surface area contributed by atoms with Crippen LogP contribution in [-0.2, 0) is 32.5 Å². The van der Waals surface area contributed by atoms with Crippen LogP contribution in [0.25, 0.3) is 99.8 Å². The van der Waals surface area contributed by atoms with Crippen LogP contribution in [0.3, 0.4) is 0 Å². The van der Waals surface area contributed by atoms with Gasteiger partial charge in [0.2, 0.25) is 0 Å². The third kappa shape index (κ3) is 14.8. The molecular weight excluding hydrogens is 1530 g/mol. The monoisotopic (exact) mass is 1640 g/mol. The molecule has 0 heterocycles. The lowest BCUT2D eigenvalue weighted by Crippen LogP contribution is -2.43. The summed E-state index contributed by atoms with van der Waals surface area (Å²) < 4.78 is 0. The smallest absolute Gasteiger partial charge is 0.0540 e. The summed E-state index contributed by atoms with van der Waals surface area (Å²) in [5.41, 5.74) is 38.8. The molecule has 0 spiro atoms. The molecule has 0 amide bonds. The average Bonchev–Trinajstić information content (AvgIpc) is 0.719. The quantitative estimate of drug-likeness (QED) is 0.107. The SMILES string of the molecule is CC1(C)c2ccccc2-c2ccc(N(c3ccccc3)c3ccc(-c4ccc5ccccc5c4)cc3)cc2C1(C)C.CC1(C)c2ccccc2-c2ccc(N(c3ccccc3)c3ccccc3-c3ccc(-c4ccccc4)cc3)cc2C1(C)C.CC1(C)c2ccccc2-c2ccc(N(c3ccccc3)c3ccccc3-c3cccc(-c4ccccc4)c3)cc2C1(C)C. The first-order valence-corrected chi connectivity index (χ1v) is 44.9. The molecule has 0 saturated carbocycles. The molecule has 3 heteroatoms. The lowest BCUT2D eigenvalue weighted by atomic mass is 9.55. The average molecular weight is 1640 g/mol. The second-order valence-corrected chi connectivity index (χ2v) is 37.6. The fourth-order valence-electron chi connectivity index (χ4n) is 20.1. The van der Waals surface area contributed by atoms with E-state index >= 15 is 0 Å². The number of para-hydroxylation sites is 5. The van der Waals surface area contributed by atoms with Crippen LogP contribution in [0.15, 0.2) is 443 Å². The first kappa shape index (κ1) is 82.2. The van der Waals surface area contributed by atoms with Gasteiger partial charge in [0, 0.05) is 50.9 Å². The van der Waals surface area contributed by atoms with Crippen LogP contribution in [0.2, 0.25) is 0 Å². The Morgan fingerprint density at radius 3 is 0.819 bits per heavy atom. The predicted octanol–water partition coefficient (Wildman–Crippen LogP) is 34.7. The summed E-state index contributed by atoms with van der Waals surface area (Å²) in [4.78, 5) is 7.23. The topological polar surface area (TPSA) is 9.72 Å². The Bertz CT molecular complexity index is 7040. The van der Waals surface area contributed by atoms with Crippen LogP contribution in [0, 0.1) is 0 Å². The maximum atomic E-state index is 2.44. The second-order valence-electron chi connectivity index (χ2n) is 37.6. The maximum absolute atomic E-state index is 2.44. The fourth-order valence-corrected chi connectivity index (χ4v) is 20.1. The van der Waals surface area contributed by atoms with Gasteiger partial charge in [-0.3, -0.25) is 0 Å². The number of hydrogen-bond acceptors (Lipinski definition) is 3. The summed E-state index contributed by atoms with van der Waals surface area (Å²) >= 11 is 0. The van der Waals surface area contributed by atoms with Crippen LogP contribution in [0.1, 0.15) is 116 Å². The summed E-state index contributed by atoms with van der Waals surface area (Å²) in [5.74, 6) is 0. The van der Waals surface area contributed by atoms with Crippen molar-refractivity contribution in [1.29, 1.82) is 0 Å². The number of rotatable bonds is 14.